The zero-order chi connectivity index (χ0) is 13.6. The normalized spacial score (nSPS) is 30.0. The Morgan fingerprint density at radius 1 is 1.21 bits per heavy atom. The van der Waals surface area contributed by atoms with Gasteiger partial charge in [0.25, 0.3) is 0 Å². The van der Waals surface area contributed by atoms with Crippen molar-refractivity contribution in [2.24, 2.45) is 17.8 Å². The van der Waals surface area contributed by atoms with Crippen LogP contribution in [0, 0.1) is 17.8 Å². The van der Waals surface area contributed by atoms with Crippen LogP contribution in [-0.2, 0) is 0 Å². The molecule has 0 radical (unpaired) electrons. The van der Waals surface area contributed by atoms with Gasteiger partial charge in [0.05, 0.1) is 12.1 Å². The molecule has 0 heterocycles. The number of benzene rings is 1. The molecule has 0 amide bonds. The van der Waals surface area contributed by atoms with Crippen LogP contribution in [-0.4, -0.2) is 14.2 Å². The molecule has 4 heteroatoms. The molecule has 1 N–H and O–H groups in total. The van der Waals surface area contributed by atoms with E-state index in [1.807, 2.05) is 19.2 Å². The molecule has 2 fully saturated rings. The minimum absolute atomic E-state index is 0.311. The zero-order valence-electron chi connectivity index (χ0n) is 11.2. The molecule has 0 spiro atoms. The van der Waals surface area contributed by atoms with Crippen LogP contribution in [0.1, 0.15) is 30.9 Å². The maximum absolute atomic E-state index is 6.40. The number of rotatable bonds is 4. The van der Waals surface area contributed by atoms with Crippen LogP contribution in [0.3, 0.4) is 0 Å². The Balaban J connectivity index is 1.89. The number of hydrogen-bond donors (Lipinski definition) is 1. The summed E-state index contributed by atoms with van der Waals surface area (Å²) in [6.07, 6.45) is 4.13. The first-order valence-electron chi connectivity index (χ1n) is 6.87. The molecule has 104 valence electrons. The van der Waals surface area contributed by atoms with E-state index in [0.717, 1.165) is 28.3 Å². The molecule has 2 aliphatic rings. The van der Waals surface area contributed by atoms with E-state index in [4.69, 9.17) is 27.9 Å². The van der Waals surface area contributed by atoms with Crippen LogP contribution in [0.25, 0.3) is 0 Å². The quantitative estimate of drug-likeness (QED) is 0.894. The van der Waals surface area contributed by atoms with Gasteiger partial charge >= 0.3 is 0 Å². The van der Waals surface area contributed by atoms with Gasteiger partial charge in [-0.1, -0.05) is 29.6 Å². The van der Waals surface area contributed by atoms with Gasteiger partial charge in [-0.2, -0.15) is 0 Å². The smallest absolute Gasteiger partial charge is 0.138 e. The van der Waals surface area contributed by atoms with Gasteiger partial charge < -0.3 is 10.1 Å². The summed E-state index contributed by atoms with van der Waals surface area (Å²) >= 11 is 12.6. The summed E-state index contributed by atoms with van der Waals surface area (Å²) in [5, 5.41) is 4.80. The van der Waals surface area contributed by atoms with Gasteiger partial charge in [-0.15, -0.1) is 0 Å². The van der Waals surface area contributed by atoms with Crippen molar-refractivity contribution in [3.8, 4) is 5.75 Å². The zero-order valence-corrected chi connectivity index (χ0v) is 12.8. The van der Waals surface area contributed by atoms with Gasteiger partial charge in [0.2, 0.25) is 0 Å². The van der Waals surface area contributed by atoms with E-state index >= 15 is 0 Å². The first kappa shape index (κ1) is 13.5. The van der Waals surface area contributed by atoms with Gasteiger partial charge in [-0.05, 0) is 49.3 Å². The van der Waals surface area contributed by atoms with Crippen LogP contribution in [0.2, 0.25) is 10.0 Å². The Morgan fingerprint density at radius 2 is 1.89 bits per heavy atom. The highest BCUT2D eigenvalue weighted by Gasteiger charge is 2.56. The molecule has 0 saturated heterocycles. The van der Waals surface area contributed by atoms with Gasteiger partial charge in [0.1, 0.15) is 5.75 Å². The molecule has 2 saturated carbocycles. The summed E-state index contributed by atoms with van der Waals surface area (Å²) in [4.78, 5) is 0. The molecule has 0 aliphatic heterocycles. The molecule has 0 aromatic heterocycles. The lowest BCUT2D eigenvalue weighted by atomic mass is 9.97. The molecule has 1 aromatic carbocycles. The predicted molar refractivity (Wildman–Crippen MR) is 79.1 cm³/mol. The second-order valence-electron chi connectivity index (χ2n) is 5.61. The number of methoxy groups -OCH3 is 1. The number of halogens is 2. The number of fused-ring (bicyclic) bond motifs is 1. The van der Waals surface area contributed by atoms with E-state index in [2.05, 4.69) is 5.32 Å². The summed E-state index contributed by atoms with van der Waals surface area (Å²) in [5.41, 5.74) is 1.11. The molecule has 19 heavy (non-hydrogen) atoms. The lowest BCUT2D eigenvalue weighted by molar-refractivity contribution is 0.413. The maximum Gasteiger partial charge on any atom is 0.138 e. The highest BCUT2D eigenvalue weighted by Crippen LogP contribution is 2.62. The maximum atomic E-state index is 6.40. The van der Waals surface area contributed by atoms with Crippen molar-refractivity contribution >= 4 is 23.2 Å². The number of nitrogens with one attached hydrogen (secondary N) is 1. The minimum Gasteiger partial charge on any atom is -0.495 e. The van der Waals surface area contributed by atoms with Gasteiger partial charge in [0, 0.05) is 17.1 Å². The van der Waals surface area contributed by atoms with Crippen molar-refractivity contribution in [1.29, 1.82) is 0 Å². The van der Waals surface area contributed by atoms with E-state index in [1.54, 1.807) is 7.11 Å². The molecule has 3 rings (SSSR count). The minimum atomic E-state index is 0.311. The molecular weight excluding hydrogens is 281 g/mol. The Kier molecular flexibility index (Phi) is 3.67. The first-order valence-corrected chi connectivity index (χ1v) is 7.63. The van der Waals surface area contributed by atoms with E-state index < -0.39 is 0 Å². The lowest BCUT2D eigenvalue weighted by Crippen LogP contribution is -2.21. The molecule has 0 bridgehead atoms. The molecular formula is C15H19Cl2NO. The average Bonchev–Trinajstić information content (AvgIpc) is 2.86. The second kappa shape index (κ2) is 5.16. The van der Waals surface area contributed by atoms with Crippen LogP contribution < -0.4 is 10.1 Å². The van der Waals surface area contributed by atoms with Crippen molar-refractivity contribution in [3.63, 3.8) is 0 Å². The fourth-order valence-corrected chi connectivity index (χ4v) is 4.39. The van der Waals surface area contributed by atoms with Crippen LogP contribution in [0.5, 0.6) is 5.75 Å². The summed E-state index contributed by atoms with van der Waals surface area (Å²) in [5.74, 6) is 3.13. The molecule has 2 nitrogen and oxygen atoms in total. The largest absolute Gasteiger partial charge is 0.495 e. The van der Waals surface area contributed by atoms with Gasteiger partial charge in [0.15, 0.2) is 0 Å². The molecule has 1 aromatic rings. The summed E-state index contributed by atoms with van der Waals surface area (Å²) in [7, 11) is 3.62. The van der Waals surface area contributed by atoms with Crippen molar-refractivity contribution in [3.05, 3.63) is 27.7 Å². The van der Waals surface area contributed by atoms with Crippen molar-refractivity contribution < 1.29 is 4.74 Å². The highest BCUT2D eigenvalue weighted by atomic mass is 35.5. The average molecular weight is 300 g/mol. The predicted octanol–water partition coefficient (Wildman–Crippen LogP) is 4.31. The number of hydrogen-bond acceptors (Lipinski definition) is 2. The van der Waals surface area contributed by atoms with Gasteiger partial charge in [-0.25, -0.2) is 0 Å². The van der Waals surface area contributed by atoms with E-state index in [1.165, 1.54) is 19.3 Å². The van der Waals surface area contributed by atoms with Crippen LogP contribution >= 0.6 is 23.2 Å². The van der Waals surface area contributed by atoms with Crippen LogP contribution in [0.15, 0.2) is 12.1 Å². The lowest BCUT2D eigenvalue weighted by Gasteiger charge is -2.21. The fraction of sp³-hybridized carbons (Fsp3) is 0.600. The third-order valence-corrected chi connectivity index (χ3v) is 5.40. The van der Waals surface area contributed by atoms with Gasteiger partial charge in [-0.3, -0.25) is 0 Å². The van der Waals surface area contributed by atoms with Crippen LogP contribution in [0.4, 0.5) is 0 Å². The van der Waals surface area contributed by atoms with E-state index in [9.17, 15) is 0 Å². The van der Waals surface area contributed by atoms with Crippen molar-refractivity contribution in [2.75, 3.05) is 14.2 Å². The highest BCUT2D eigenvalue weighted by molar-refractivity contribution is 6.34. The summed E-state index contributed by atoms with van der Waals surface area (Å²) < 4.78 is 5.21. The Labute approximate surface area is 124 Å². The monoisotopic (exact) mass is 299 g/mol. The Morgan fingerprint density at radius 3 is 2.47 bits per heavy atom. The fourth-order valence-electron chi connectivity index (χ4n) is 3.87. The third-order valence-electron chi connectivity index (χ3n) is 4.77. The SMILES string of the molecule is CNC(c1cc(Cl)c(OC)cc1Cl)C1C2CCCC21. The van der Waals surface area contributed by atoms with Crippen molar-refractivity contribution in [1.82, 2.24) is 5.32 Å². The summed E-state index contributed by atoms with van der Waals surface area (Å²) in [6.45, 7) is 0. The molecule has 3 atom stereocenters. The topological polar surface area (TPSA) is 21.3 Å². The standard InChI is InChI=1S/C15H19Cl2NO/c1-18-15(14-8-4-3-5-9(8)14)10-6-12(17)13(19-2)7-11(10)16/h6-9,14-15,18H,3-5H2,1-2H3. The number of ether oxygens (including phenoxy) is 1. The second-order valence-corrected chi connectivity index (χ2v) is 6.42. The van der Waals surface area contributed by atoms with Crippen molar-refractivity contribution in [2.45, 2.75) is 25.3 Å². The Hall–Kier alpha value is -0.440. The third kappa shape index (κ3) is 2.24. The van der Waals surface area contributed by atoms with E-state index in [-0.39, 0.29) is 0 Å². The summed E-state index contributed by atoms with van der Waals surface area (Å²) in [6, 6.07) is 4.09. The Bertz CT molecular complexity index is 481. The molecule has 2 aliphatic carbocycles. The molecule has 3 unspecified atom stereocenters. The van der Waals surface area contributed by atoms with E-state index in [0.29, 0.717) is 16.8 Å². The first-order chi connectivity index (χ1) is 9.17.